The molecule has 11 heteroatoms. The Labute approximate surface area is 160 Å². The van der Waals surface area contributed by atoms with E-state index in [1.165, 1.54) is 35.0 Å². The van der Waals surface area contributed by atoms with Crippen molar-refractivity contribution in [2.75, 3.05) is 12.8 Å². The summed E-state index contributed by atoms with van der Waals surface area (Å²) >= 11 is 0. The monoisotopic (exact) mass is 404 g/mol. The van der Waals surface area contributed by atoms with E-state index in [1.807, 2.05) is 0 Å². The molecule has 2 N–H and O–H groups in total. The first-order valence-electron chi connectivity index (χ1n) is 8.17. The smallest absolute Gasteiger partial charge is 0.304 e. The van der Waals surface area contributed by atoms with E-state index in [1.54, 1.807) is 14.0 Å². The summed E-state index contributed by atoms with van der Waals surface area (Å²) in [5.74, 6) is 3.68. The molecular formula is C17H17FN6O3S. The molecule has 3 aromatic rings. The molecule has 1 aliphatic heterocycles. The van der Waals surface area contributed by atoms with Gasteiger partial charge in [0.25, 0.3) is 5.89 Å². The Morgan fingerprint density at radius 3 is 2.75 bits per heavy atom. The maximum absolute atomic E-state index is 14.7. The quantitative estimate of drug-likeness (QED) is 0.658. The van der Waals surface area contributed by atoms with Crippen LogP contribution in [0.25, 0.3) is 23.2 Å². The predicted molar refractivity (Wildman–Crippen MR) is 102 cm³/mol. The van der Waals surface area contributed by atoms with Crippen molar-refractivity contribution in [3.8, 4) is 23.2 Å². The van der Waals surface area contributed by atoms with Gasteiger partial charge in [-0.1, -0.05) is 0 Å². The van der Waals surface area contributed by atoms with Crippen LogP contribution in [0.4, 0.5) is 4.39 Å². The van der Waals surface area contributed by atoms with Crippen molar-refractivity contribution in [3.05, 3.63) is 42.0 Å². The van der Waals surface area contributed by atoms with Gasteiger partial charge in [-0.25, -0.2) is 18.6 Å². The van der Waals surface area contributed by atoms with E-state index in [4.69, 9.17) is 14.6 Å². The van der Waals surface area contributed by atoms with Crippen LogP contribution in [0.1, 0.15) is 12.5 Å². The molecule has 1 unspecified atom stereocenters. The molecule has 28 heavy (non-hydrogen) atoms. The molecule has 1 aliphatic rings. The number of guanidine groups is 1. The highest BCUT2D eigenvalue weighted by Crippen LogP contribution is 2.35. The van der Waals surface area contributed by atoms with Crippen LogP contribution in [0.5, 0.6) is 0 Å². The zero-order valence-electron chi connectivity index (χ0n) is 15.1. The summed E-state index contributed by atoms with van der Waals surface area (Å²) in [6.07, 6.45) is 2.84. The average Bonchev–Trinajstić information content (AvgIpc) is 3.31. The van der Waals surface area contributed by atoms with Gasteiger partial charge in [-0.3, -0.25) is 4.31 Å². The molecule has 0 spiro atoms. The van der Waals surface area contributed by atoms with E-state index in [-0.39, 0.29) is 34.9 Å². The van der Waals surface area contributed by atoms with Gasteiger partial charge in [0.05, 0.1) is 21.7 Å². The Hall–Kier alpha value is -3.21. The maximum Gasteiger partial charge on any atom is 0.304 e. The molecular weight excluding hydrogens is 387 g/mol. The highest BCUT2D eigenvalue weighted by atomic mass is 32.2. The third-order valence-electron chi connectivity index (χ3n) is 4.52. The standard InChI is InChI=1S/C17H17FN6O3S/c1-17(9-28(3,25)24(2)16(19)21-17)11-8-10(4-5-12(11)18)13-22-23-15(27-13)14-20-6-7-26-14/h4-8H,3,9H2,1-2H3,(H2,19,21)/t17-,28?/m0/s1. The summed E-state index contributed by atoms with van der Waals surface area (Å²) in [4.78, 5) is 8.31. The number of hydrogen-bond donors (Lipinski definition) is 1. The lowest BCUT2D eigenvalue weighted by atomic mass is 9.92. The van der Waals surface area contributed by atoms with Gasteiger partial charge < -0.3 is 14.6 Å². The highest BCUT2D eigenvalue weighted by Gasteiger charge is 2.39. The number of oxazole rings is 1. The van der Waals surface area contributed by atoms with Gasteiger partial charge >= 0.3 is 5.89 Å². The topological polar surface area (TPSA) is 124 Å². The summed E-state index contributed by atoms with van der Waals surface area (Å²) in [6, 6.07) is 4.29. The molecule has 0 saturated carbocycles. The molecule has 1 aromatic carbocycles. The molecule has 0 aliphatic carbocycles. The van der Waals surface area contributed by atoms with Crippen LogP contribution in [0.15, 0.2) is 44.5 Å². The Bertz CT molecular complexity index is 1170. The Morgan fingerprint density at radius 2 is 2.07 bits per heavy atom. The average molecular weight is 404 g/mol. The lowest BCUT2D eigenvalue weighted by molar-refractivity contribution is 0.481. The first-order valence-corrected chi connectivity index (χ1v) is 10.0. The molecule has 146 valence electrons. The van der Waals surface area contributed by atoms with Crippen LogP contribution in [-0.4, -0.2) is 48.3 Å². The van der Waals surface area contributed by atoms with E-state index in [2.05, 4.69) is 26.0 Å². The van der Waals surface area contributed by atoms with E-state index in [9.17, 15) is 8.60 Å². The van der Waals surface area contributed by atoms with Crippen LogP contribution < -0.4 is 5.73 Å². The van der Waals surface area contributed by atoms with Gasteiger partial charge in [-0.15, -0.1) is 10.2 Å². The third kappa shape index (κ3) is 2.93. The molecule has 0 amide bonds. The van der Waals surface area contributed by atoms with Gasteiger partial charge in [0, 0.05) is 18.2 Å². The summed E-state index contributed by atoms with van der Waals surface area (Å²) < 4.78 is 39.5. The molecule has 2 atom stereocenters. The summed E-state index contributed by atoms with van der Waals surface area (Å²) in [5, 5.41) is 7.85. The molecule has 0 bridgehead atoms. The first-order chi connectivity index (χ1) is 13.2. The minimum atomic E-state index is -2.75. The van der Waals surface area contributed by atoms with Gasteiger partial charge in [-0.05, 0) is 31.0 Å². The minimum Gasteiger partial charge on any atom is -0.441 e. The highest BCUT2D eigenvalue weighted by molar-refractivity contribution is 7.98. The van der Waals surface area contributed by atoms with Crippen molar-refractivity contribution in [2.24, 2.45) is 10.7 Å². The maximum atomic E-state index is 14.7. The van der Waals surface area contributed by atoms with Crippen LogP contribution in [0, 0.1) is 5.82 Å². The van der Waals surface area contributed by atoms with Crippen molar-refractivity contribution in [1.29, 1.82) is 0 Å². The van der Waals surface area contributed by atoms with Gasteiger partial charge in [-0.2, -0.15) is 0 Å². The fraction of sp³-hybridized carbons (Fsp3) is 0.235. The number of benzene rings is 1. The van der Waals surface area contributed by atoms with Crippen molar-refractivity contribution in [1.82, 2.24) is 19.5 Å². The summed E-state index contributed by atoms with van der Waals surface area (Å²) in [5.41, 5.74) is 5.40. The Kier molecular flexibility index (Phi) is 4.00. The summed E-state index contributed by atoms with van der Waals surface area (Å²) in [6.45, 7) is 1.66. The first kappa shape index (κ1) is 18.2. The molecule has 0 fully saturated rings. The zero-order valence-corrected chi connectivity index (χ0v) is 15.9. The van der Waals surface area contributed by atoms with Crippen molar-refractivity contribution >= 4 is 21.5 Å². The zero-order chi connectivity index (χ0) is 20.1. The number of nitrogens with two attached hydrogens (primary N) is 1. The van der Waals surface area contributed by atoms with Crippen molar-refractivity contribution < 1.29 is 17.4 Å². The van der Waals surface area contributed by atoms with Crippen LogP contribution in [0.2, 0.25) is 0 Å². The Balaban J connectivity index is 1.78. The second-order valence-corrected chi connectivity index (χ2v) is 8.98. The number of hydrogen-bond acceptors (Lipinski definition) is 8. The van der Waals surface area contributed by atoms with Crippen LogP contribution in [0.3, 0.4) is 0 Å². The van der Waals surface area contributed by atoms with E-state index >= 15 is 0 Å². The summed E-state index contributed by atoms with van der Waals surface area (Å²) in [7, 11) is -1.20. The van der Waals surface area contributed by atoms with Crippen LogP contribution >= 0.6 is 0 Å². The van der Waals surface area contributed by atoms with E-state index in [0.717, 1.165) is 0 Å². The normalized spacial score (nSPS) is 25.0. The number of aliphatic imine (C=N–C) groups is 1. The second kappa shape index (κ2) is 6.16. The number of nitrogens with zero attached hydrogens (tertiary/aromatic N) is 5. The van der Waals surface area contributed by atoms with Crippen LogP contribution in [-0.2, 0) is 15.2 Å². The second-order valence-electron chi connectivity index (χ2n) is 6.60. The largest absolute Gasteiger partial charge is 0.441 e. The van der Waals surface area contributed by atoms with E-state index < -0.39 is 21.1 Å². The number of rotatable bonds is 3. The van der Waals surface area contributed by atoms with Crippen molar-refractivity contribution in [3.63, 3.8) is 0 Å². The molecule has 0 radical (unpaired) electrons. The lowest BCUT2D eigenvalue weighted by Crippen LogP contribution is -2.50. The SMILES string of the molecule is C=S1(=O)C[C@@](C)(c2cc(-c3nnc(-c4ncco4)o3)ccc2F)N=C(N)N1C. The van der Waals surface area contributed by atoms with Gasteiger partial charge in [0.15, 0.2) is 0 Å². The lowest BCUT2D eigenvalue weighted by Gasteiger charge is -2.37. The molecule has 9 nitrogen and oxygen atoms in total. The number of aromatic nitrogens is 3. The molecule has 4 rings (SSSR count). The van der Waals surface area contributed by atoms with Gasteiger partial charge in [0.1, 0.15) is 17.6 Å². The molecule has 3 heterocycles. The number of halogens is 1. The molecule has 2 aromatic heterocycles. The van der Waals surface area contributed by atoms with Gasteiger partial charge in [0.2, 0.25) is 11.9 Å². The molecule has 0 saturated heterocycles. The predicted octanol–water partition coefficient (Wildman–Crippen LogP) is 1.64. The fourth-order valence-corrected chi connectivity index (χ4v) is 4.70. The fourth-order valence-electron chi connectivity index (χ4n) is 3.03. The van der Waals surface area contributed by atoms with E-state index in [0.29, 0.717) is 5.56 Å². The third-order valence-corrected chi connectivity index (χ3v) is 6.72. The van der Waals surface area contributed by atoms with Crippen molar-refractivity contribution in [2.45, 2.75) is 12.5 Å². The minimum absolute atomic E-state index is 0.00295. The Morgan fingerprint density at radius 1 is 1.32 bits per heavy atom.